The van der Waals surface area contributed by atoms with E-state index in [-0.39, 0.29) is 43.5 Å². The Morgan fingerprint density at radius 2 is 1.59 bits per heavy atom. The van der Waals surface area contributed by atoms with Gasteiger partial charge in [-0.05, 0) is 60.2 Å². The number of carbonyl (C=O) groups excluding carboxylic acids is 1. The normalized spacial score (nSPS) is 22.4. The molecule has 0 bridgehead atoms. The molecule has 2 aliphatic heterocycles. The van der Waals surface area contributed by atoms with Crippen LogP contribution in [0.4, 0.5) is 0 Å². The van der Waals surface area contributed by atoms with Crippen molar-refractivity contribution in [3.8, 4) is 11.1 Å². The molecule has 8 nitrogen and oxygen atoms in total. The van der Waals surface area contributed by atoms with Crippen LogP contribution in [0.5, 0.6) is 0 Å². The van der Waals surface area contributed by atoms with E-state index in [2.05, 4.69) is 53.5 Å². The van der Waals surface area contributed by atoms with Crippen LogP contribution in [0.15, 0.2) is 72.8 Å². The molecular weight excluding hydrogens is 556 g/mol. The van der Waals surface area contributed by atoms with Gasteiger partial charge in [0, 0.05) is 37.4 Å². The lowest BCUT2D eigenvalue weighted by molar-refractivity contribution is -0.276. The Morgan fingerprint density at radius 1 is 0.886 bits per heavy atom. The molecule has 2 aliphatic rings. The number of amides is 1. The fourth-order valence-corrected chi connectivity index (χ4v) is 6.18. The van der Waals surface area contributed by atoms with E-state index in [1.54, 1.807) is 0 Å². The molecule has 3 aromatic rings. The first kappa shape index (κ1) is 31.9. The maximum Gasteiger partial charge on any atom is 0.303 e. The number of piperidine rings is 1. The number of carboxylic acid groups (broad SMARTS) is 1. The molecule has 5 rings (SSSR count). The number of ether oxygens (including phenoxy) is 2. The van der Waals surface area contributed by atoms with E-state index in [4.69, 9.17) is 14.6 Å². The second kappa shape index (κ2) is 15.4. The summed E-state index contributed by atoms with van der Waals surface area (Å²) in [5.74, 6) is -0.898. The molecule has 0 saturated carbocycles. The molecule has 0 aromatic heterocycles. The maximum absolute atomic E-state index is 12.3. The highest BCUT2D eigenvalue weighted by Gasteiger charge is 2.39. The van der Waals surface area contributed by atoms with E-state index >= 15 is 0 Å². The number of carboxylic acids is 1. The summed E-state index contributed by atoms with van der Waals surface area (Å²) in [6.07, 6.45) is 3.59. The lowest BCUT2D eigenvalue weighted by Crippen LogP contribution is -2.45. The molecule has 0 spiro atoms. The van der Waals surface area contributed by atoms with Crippen LogP contribution in [-0.2, 0) is 32.2 Å². The van der Waals surface area contributed by atoms with Crippen LogP contribution in [0.1, 0.15) is 80.1 Å². The molecule has 3 N–H and O–H groups in total. The summed E-state index contributed by atoms with van der Waals surface area (Å²) in [5, 5.41) is 21.3. The summed E-state index contributed by atoms with van der Waals surface area (Å²) in [5.41, 5.74) is 5.94. The molecule has 0 aliphatic carbocycles. The number of nitrogens with zero attached hydrogens (tertiary/aromatic N) is 1. The average Bonchev–Trinajstić information content (AvgIpc) is 3.05. The Bertz CT molecular complexity index is 1370. The van der Waals surface area contributed by atoms with E-state index in [9.17, 15) is 14.7 Å². The van der Waals surface area contributed by atoms with Crippen molar-refractivity contribution in [2.24, 2.45) is 5.92 Å². The zero-order valence-electron chi connectivity index (χ0n) is 25.5. The average molecular weight is 601 g/mol. The summed E-state index contributed by atoms with van der Waals surface area (Å²) in [6, 6.07) is 24.2. The fraction of sp³-hybridized carbons (Fsp3) is 0.444. The second-order valence-corrected chi connectivity index (χ2v) is 12.0. The fourth-order valence-electron chi connectivity index (χ4n) is 6.18. The minimum Gasteiger partial charge on any atom is -0.481 e. The predicted molar refractivity (Wildman–Crippen MR) is 168 cm³/mol. The summed E-state index contributed by atoms with van der Waals surface area (Å²) in [7, 11) is 0. The van der Waals surface area contributed by atoms with Crippen molar-refractivity contribution < 1.29 is 29.3 Å². The lowest BCUT2D eigenvalue weighted by Gasteiger charge is -2.43. The number of nitrogens with one attached hydrogen (secondary N) is 1. The largest absolute Gasteiger partial charge is 0.481 e. The van der Waals surface area contributed by atoms with Crippen LogP contribution in [0.3, 0.4) is 0 Å². The third-order valence-electron chi connectivity index (χ3n) is 8.79. The van der Waals surface area contributed by atoms with Gasteiger partial charge in [-0.25, -0.2) is 0 Å². The van der Waals surface area contributed by atoms with Gasteiger partial charge in [0.2, 0.25) is 5.91 Å². The van der Waals surface area contributed by atoms with Crippen LogP contribution < -0.4 is 5.32 Å². The van der Waals surface area contributed by atoms with E-state index in [0.29, 0.717) is 13.0 Å². The Labute approximate surface area is 260 Å². The number of rotatable bonds is 12. The zero-order valence-corrected chi connectivity index (χ0v) is 25.5. The summed E-state index contributed by atoms with van der Waals surface area (Å²) in [4.78, 5) is 25.5. The Kier molecular flexibility index (Phi) is 11.2. The molecule has 2 heterocycles. The molecule has 44 heavy (non-hydrogen) atoms. The number of likely N-dealkylation sites (tertiary alicyclic amines) is 1. The van der Waals surface area contributed by atoms with Crippen LogP contribution in [0.25, 0.3) is 11.1 Å². The van der Waals surface area contributed by atoms with Crippen molar-refractivity contribution in [3.05, 3.63) is 95.1 Å². The molecule has 1 amide bonds. The lowest BCUT2D eigenvalue weighted by atomic mass is 9.89. The van der Waals surface area contributed by atoms with Gasteiger partial charge in [-0.3, -0.25) is 9.59 Å². The summed E-state index contributed by atoms with van der Waals surface area (Å²) >= 11 is 0. The Morgan fingerprint density at radius 3 is 2.30 bits per heavy atom. The zero-order chi connectivity index (χ0) is 30.9. The molecule has 8 heteroatoms. The van der Waals surface area contributed by atoms with Gasteiger partial charge in [0.05, 0.1) is 18.8 Å². The van der Waals surface area contributed by atoms with Crippen LogP contribution in [0, 0.1) is 5.92 Å². The first-order valence-corrected chi connectivity index (χ1v) is 15.8. The highest BCUT2D eigenvalue weighted by atomic mass is 16.7. The number of hydrogen-bond donors (Lipinski definition) is 3. The molecule has 3 aromatic carbocycles. The van der Waals surface area contributed by atoms with Crippen LogP contribution in [0.2, 0.25) is 0 Å². The number of aliphatic hydroxyl groups is 1. The second-order valence-electron chi connectivity index (χ2n) is 12.0. The Balaban J connectivity index is 1.31. The van der Waals surface area contributed by atoms with Gasteiger partial charge < -0.3 is 29.9 Å². The van der Waals surface area contributed by atoms with Gasteiger partial charge in [0.1, 0.15) is 0 Å². The molecule has 0 unspecified atom stereocenters. The highest BCUT2D eigenvalue weighted by Crippen LogP contribution is 2.42. The minimum absolute atomic E-state index is 0.00822. The predicted octanol–water partition coefficient (Wildman–Crippen LogP) is 5.99. The van der Waals surface area contributed by atoms with Crippen molar-refractivity contribution in [3.63, 3.8) is 0 Å². The molecular formula is C36H44N2O6. The van der Waals surface area contributed by atoms with Gasteiger partial charge in [0.15, 0.2) is 6.29 Å². The topological polar surface area (TPSA) is 108 Å². The maximum atomic E-state index is 12.3. The molecule has 234 valence electrons. The van der Waals surface area contributed by atoms with Crippen LogP contribution >= 0.6 is 0 Å². The summed E-state index contributed by atoms with van der Waals surface area (Å²) in [6.45, 7) is 5.67. The number of carbonyl (C=O) groups is 2. The monoisotopic (exact) mass is 600 g/mol. The van der Waals surface area contributed by atoms with Gasteiger partial charge >= 0.3 is 5.97 Å². The van der Waals surface area contributed by atoms with Crippen molar-refractivity contribution in [2.45, 2.75) is 77.1 Å². The van der Waals surface area contributed by atoms with Crippen molar-refractivity contribution in [1.29, 1.82) is 0 Å². The quantitative estimate of drug-likeness (QED) is 0.234. The van der Waals surface area contributed by atoms with Crippen molar-refractivity contribution >= 4 is 11.9 Å². The van der Waals surface area contributed by atoms with Crippen molar-refractivity contribution in [2.75, 3.05) is 19.6 Å². The Hall–Kier alpha value is -3.56. The molecule has 2 saturated heterocycles. The third-order valence-corrected chi connectivity index (χ3v) is 8.79. The number of aliphatic carboxylic acids is 1. The van der Waals surface area contributed by atoms with Gasteiger partial charge in [-0.1, -0.05) is 86.1 Å². The number of benzene rings is 3. The number of hydrogen-bond acceptors (Lipinski definition) is 6. The van der Waals surface area contributed by atoms with E-state index < -0.39 is 12.3 Å². The number of aliphatic hydroxyl groups excluding tert-OH is 1. The smallest absolute Gasteiger partial charge is 0.303 e. The van der Waals surface area contributed by atoms with Gasteiger partial charge in [-0.2, -0.15) is 0 Å². The van der Waals surface area contributed by atoms with E-state index in [1.807, 2.05) is 36.4 Å². The third kappa shape index (κ3) is 8.33. The first-order valence-electron chi connectivity index (χ1n) is 15.8. The van der Waals surface area contributed by atoms with E-state index in [0.717, 1.165) is 53.0 Å². The van der Waals surface area contributed by atoms with Gasteiger partial charge in [0.25, 0.3) is 0 Å². The summed E-state index contributed by atoms with van der Waals surface area (Å²) < 4.78 is 13.3. The molecule has 2 fully saturated rings. The molecule has 0 radical (unpaired) electrons. The van der Waals surface area contributed by atoms with Crippen molar-refractivity contribution in [1.82, 2.24) is 10.2 Å². The minimum atomic E-state index is -0.894. The van der Waals surface area contributed by atoms with Crippen LogP contribution in [-0.4, -0.2) is 52.7 Å². The SMILES string of the molecule is C[C@H]1[C@@H](CN2CCCCC2)O[C@@H](c2ccc(-c3ccccc3CNC(=O)CCCC(=O)O)cc2)O[C@H]1c1ccc(CO)cc1. The van der Waals surface area contributed by atoms with Gasteiger partial charge in [-0.15, -0.1) is 0 Å². The first-order chi connectivity index (χ1) is 21.4. The molecule has 4 atom stereocenters. The standard InChI is InChI=1S/C36H44N2O6/c1-25-32(23-38-20-5-2-6-21-38)43-36(44-35(25)28-14-12-26(24-39)13-15-28)29-18-16-27(17-19-29)31-9-4-3-8-30(31)22-37-33(40)10-7-11-34(41)42/h3-4,8-9,12-19,25,32,35-36,39H,2,5-7,10-11,20-24H2,1H3,(H,37,40)(H,41,42)/t25-,32+,35+,36+/m0/s1. The highest BCUT2D eigenvalue weighted by molar-refractivity contribution is 5.77. The van der Waals surface area contributed by atoms with E-state index in [1.165, 1.54) is 19.3 Å².